The SMILES string of the molecule is CS(=O)(=O)N1CCCC(NC(=O)C2Cc3ccccc3CN2C(=O)c2ccco2)C1. The van der Waals surface area contributed by atoms with Crippen molar-refractivity contribution in [3.63, 3.8) is 0 Å². The Balaban J connectivity index is 1.55. The molecule has 30 heavy (non-hydrogen) atoms. The zero-order valence-corrected chi connectivity index (χ0v) is 17.6. The van der Waals surface area contributed by atoms with Crippen molar-refractivity contribution in [2.45, 2.75) is 37.9 Å². The molecule has 1 N–H and O–H groups in total. The molecule has 160 valence electrons. The summed E-state index contributed by atoms with van der Waals surface area (Å²) in [5.41, 5.74) is 2.03. The molecule has 2 aliphatic heterocycles. The fourth-order valence-electron chi connectivity index (χ4n) is 4.17. The van der Waals surface area contributed by atoms with Crippen LogP contribution in [0.2, 0.25) is 0 Å². The second-order valence-corrected chi connectivity index (χ2v) is 9.85. The van der Waals surface area contributed by atoms with Crippen LogP contribution in [-0.2, 0) is 27.8 Å². The Morgan fingerprint density at radius 3 is 2.60 bits per heavy atom. The first-order valence-electron chi connectivity index (χ1n) is 9.99. The molecule has 9 heteroatoms. The van der Waals surface area contributed by atoms with Crippen LogP contribution in [0.15, 0.2) is 47.1 Å². The number of nitrogens with one attached hydrogen (secondary N) is 1. The number of hydrogen-bond acceptors (Lipinski definition) is 5. The quantitative estimate of drug-likeness (QED) is 0.789. The molecule has 1 saturated heterocycles. The summed E-state index contributed by atoms with van der Waals surface area (Å²) in [5.74, 6) is -0.422. The molecule has 2 amide bonds. The normalized spacial score (nSPS) is 22.4. The number of furan rings is 1. The Morgan fingerprint density at radius 1 is 1.13 bits per heavy atom. The molecule has 1 aromatic heterocycles. The van der Waals surface area contributed by atoms with Crippen LogP contribution in [0.3, 0.4) is 0 Å². The summed E-state index contributed by atoms with van der Waals surface area (Å²) in [6.07, 6.45) is 4.39. The van der Waals surface area contributed by atoms with E-state index in [1.807, 2.05) is 24.3 Å². The molecule has 0 aliphatic carbocycles. The summed E-state index contributed by atoms with van der Waals surface area (Å²) < 4.78 is 30.4. The Morgan fingerprint density at radius 2 is 1.90 bits per heavy atom. The molecule has 2 aliphatic rings. The van der Waals surface area contributed by atoms with Crippen LogP contribution < -0.4 is 5.32 Å². The van der Waals surface area contributed by atoms with Crippen LogP contribution in [0.25, 0.3) is 0 Å². The molecule has 2 atom stereocenters. The third-order valence-corrected chi connectivity index (χ3v) is 7.01. The minimum Gasteiger partial charge on any atom is -0.459 e. The largest absolute Gasteiger partial charge is 0.459 e. The summed E-state index contributed by atoms with van der Waals surface area (Å²) >= 11 is 0. The summed E-state index contributed by atoms with van der Waals surface area (Å²) in [5, 5.41) is 2.98. The number of hydrogen-bond donors (Lipinski definition) is 1. The molecular formula is C21H25N3O5S. The summed E-state index contributed by atoms with van der Waals surface area (Å²) in [4.78, 5) is 27.8. The van der Waals surface area contributed by atoms with Crippen LogP contribution in [0.5, 0.6) is 0 Å². The molecule has 1 aromatic carbocycles. The lowest BCUT2D eigenvalue weighted by Gasteiger charge is -2.37. The molecule has 3 heterocycles. The van der Waals surface area contributed by atoms with Gasteiger partial charge in [-0.05, 0) is 36.1 Å². The number of benzene rings is 1. The number of carbonyl (C=O) groups excluding carboxylic acids is 2. The van der Waals surface area contributed by atoms with Gasteiger partial charge in [-0.15, -0.1) is 0 Å². The van der Waals surface area contributed by atoms with Crippen molar-refractivity contribution in [1.82, 2.24) is 14.5 Å². The number of rotatable bonds is 4. The fourth-order valence-corrected chi connectivity index (χ4v) is 5.08. The first kappa shape index (κ1) is 20.6. The molecule has 0 bridgehead atoms. The van der Waals surface area contributed by atoms with Gasteiger partial charge in [-0.1, -0.05) is 24.3 Å². The third-order valence-electron chi connectivity index (χ3n) is 5.74. The smallest absolute Gasteiger partial charge is 0.290 e. The molecule has 8 nitrogen and oxygen atoms in total. The molecule has 2 aromatic rings. The molecule has 2 unspecified atom stereocenters. The number of sulfonamides is 1. The van der Waals surface area contributed by atoms with Gasteiger partial charge in [-0.25, -0.2) is 12.7 Å². The predicted octanol–water partition coefficient (Wildman–Crippen LogP) is 1.39. The third kappa shape index (κ3) is 4.27. The van der Waals surface area contributed by atoms with Gasteiger partial charge in [0.1, 0.15) is 6.04 Å². The van der Waals surface area contributed by atoms with Crippen molar-refractivity contribution >= 4 is 21.8 Å². The molecule has 1 fully saturated rings. The van der Waals surface area contributed by atoms with E-state index in [2.05, 4.69) is 5.32 Å². The maximum absolute atomic E-state index is 13.2. The van der Waals surface area contributed by atoms with Gasteiger partial charge in [-0.3, -0.25) is 9.59 Å². The molecular weight excluding hydrogens is 406 g/mol. The number of nitrogens with zero attached hydrogens (tertiary/aromatic N) is 2. The van der Waals surface area contributed by atoms with Crippen molar-refractivity contribution in [2.24, 2.45) is 0 Å². The van der Waals surface area contributed by atoms with Gasteiger partial charge in [0.15, 0.2) is 5.76 Å². The monoisotopic (exact) mass is 431 g/mol. The van der Waals surface area contributed by atoms with E-state index in [1.165, 1.54) is 21.7 Å². The van der Waals surface area contributed by atoms with E-state index >= 15 is 0 Å². The van der Waals surface area contributed by atoms with Gasteiger partial charge < -0.3 is 14.6 Å². The summed E-state index contributed by atoms with van der Waals surface area (Å²) in [6.45, 7) is 1.03. The molecule has 0 saturated carbocycles. The minimum absolute atomic E-state index is 0.188. The van der Waals surface area contributed by atoms with E-state index in [4.69, 9.17) is 4.42 Å². The van der Waals surface area contributed by atoms with Crippen molar-refractivity contribution in [3.8, 4) is 0 Å². The molecule has 4 rings (SSSR count). The Hall–Kier alpha value is -2.65. The van der Waals surface area contributed by atoms with Crippen LogP contribution in [0, 0.1) is 0 Å². The van der Waals surface area contributed by atoms with Crippen molar-refractivity contribution in [3.05, 3.63) is 59.5 Å². The summed E-state index contributed by atoms with van der Waals surface area (Å²) in [6, 6.07) is 10.0. The molecule has 0 radical (unpaired) electrons. The van der Waals surface area contributed by atoms with E-state index < -0.39 is 16.1 Å². The second kappa shape index (κ2) is 8.23. The minimum atomic E-state index is -3.31. The van der Waals surface area contributed by atoms with Gasteiger partial charge >= 0.3 is 0 Å². The van der Waals surface area contributed by atoms with Crippen LogP contribution in [0.1, 0.15) is 34.5 Å². The van der Waals surface area contributed by atoms with Crippen LogP contribution >= 0.6 is 0 Å². The average Bonchev–Trinajstić information content (AvgIpc) is 3.27. The zero-order valence-electron chi connectivity index (χ0n) is 16.8. The topological polar surface area (TPSA) is 99.9 Å². The summed E-state index contributed by atoms with van der Waals surface area (Å²) in [7, 11) is -3.31. The van der Waals surface area contributed by atoms with Crippen LogP contribution in [-0.4, -0.2) is 60.9 Å². The van der Waals surface area contributed by atoms with Gasteiger partial charge in [0.2, 0.25) is 15.9 Å². The van der Waals surface area contributed by atoms with Crippen molar-refractivity contribution in [2.75, 3.05) is 19.3 Å². The highest BCUT2D eigenvalue weighted by Crippen LogP contribution is 2.26. The first-order chi connectivity index (χ1) is 14.3. The van der Waals surface area contributed by atoms with E-state index in [0.29, 0.717) is 32.4 Å². The highest BCUT2D eigenvalue weighted by Gasteiger charge is 2.37. The predicted molar refractivity (Wildman–Crippen MR) is 110 cm³/mol. The number of fused-ring (bicyclic) bond motifs is 1. The number of piperidine rings is 1. The second-order valence-electron chi connectivity index (χ2n) is 7.87. The standard InChI is InChI=1S/C21H25N3O5S/c1-30(27,28)23-10-4-8-17(14-23)22-20(25)18-12-15-6-2-3-7-16(15)13-24(18)21(26)19-9-5-11-29-19/h2-3,5-7,9,11,17-18H,4,8,10,12-14H2,1H3,(H,22,25). The number of carbonyl (C=O) groups is 2. The molecule has 0 spiro atoms. The maximum atomic E-state index is 13.2. The van der Waals surface area contributed by atoms with Gasteiger partial charge in [-0.2, -0.15) is 0 Å². The van der Waals surface area contributed by atoms with E-state index in [0.717, 1.165) is 11.1 Å². The van der Waals surface area contributed by atoms with Crippen molar-refractivity contribution < 1.29 is 22.4 Å². The van der Waals surface area contributed by atoms with E-state index in [1.54, 1.807) is 12.1 Å². The van der Waals surface area contributed by atoms with Crippen molar-refractivity contribution in [1.29, 1.82) is 0 Å². The van der Waals surface area contributed by atoms with Gasteiger partial charge in [0.25, 0.3) is 5.91 Å². The lowest BCUT2D eigenvalue weighted by atomic mass is 9.92. The average molecular weight is 432 g/mol. The highest BCUT2D eigenvalue weighted by atomic mass is 32.2. The Bertz CT molecular complexity index is 1030. The first-order valence-corrected chi connectivity index (χ1v) is 11.8. The van der Waals surface area contributed by atoms with E-state index in [-0.39, 0.29) is 30.2 Å². The van der Waals surface area contributed by atoms with Gasteiger partial charge in [0.05, 0.1) is 12.5 Å². The Kier molecular flexibility index (Phi) is 5.66. The van der Waals surface area contributed by atoms with E-state index in [9.17, 15) is 18.0 Å². The lowest BCUT2D eigenvalue weighted by Crippen LogP contribution is -2.57. The zero-order chi connectivity index (χ0) is 21.3. The number of amides is 2. The van der Waals surface area contributed by atoms with Crippen LogP contribution in [0.4, 0.5) is 0 Å². The van der Waals surface area contributed by atoms with Gasteiger partial charge in [0, 0.05) is 32.1 Å². The lowest BCUT2D eigenvalue weighted by molar-refractivity contribution is -0.127. The maximum Gasteiger partial charge on any atom is 0.290 e. The highest BCUT2D eigenvalue weighted by molar-refractivity contribution is 7.88. The Labute approximate surface area is 175 Å². The fraction of sp³-hybridized carbons (Fsp3) is 0.429.